The second kappa shape index (κ2) is 8.63. The summed E-state index contributed by atoms with van der Waals surface area (Å²) >= 11 is 11.8. The van der Waals surface area contributed by atoms with Crippen molar-refractivity contribution >= 4 is 52.3 Å². The van der Waals surface area contributed by atoms with Gasteiger partial charge in [-0.15, -0.1) is 0 Å². The summed E-state index contributed by atoms with van der Waals surface area (Å²) in [6.07, 6.45) is 1.27. The number of benzene rings is 1. The number of carbonyl (C=O) groups is 1. The number of anilines is 4. The highest BCUT2D eigenvalue weighted by atomic mass is 35.5. The van der Waals surface area contributed by atoms with Gasteiger partial charge in [-0.05, 0) is 25.1 Å². The number of nitrogens with zero attached hydrogens (tertiary/aromatic N) is 3. The number of aromatic nitrogens is 3. The van der Waals surface area contributed by atoms with Gasteiger partial charge in [-0.3, -0.25) is 15.6 Å². The number of carbonyl (C=O) groups excluding carboxylic acids is 1. The minimum Gasteiger partial charge on any atom is -0.482 e. The Morgan fingerprint density at radius 1 is 1.25 bits per heavy atom. The van der Waals surface area contributed by atoms with E-state index >= 15 is 0 Å². The van der Waals surface area contributed by atoms with Crippen LogP contribution in [0.1, 0.15) is 5.76 Å². The molecule has 2 aromatic heterocycles. The number of nitrogens with two attached hydrogens (primary N) is 1. The molecule has 0 unspecified atom stereocenters. The number of rotatable bonds is 7. The van der Waals surface area contributed by atoms with Crippen LogP contribution in [-0.2, 0) is 4.79 Å². The molecule has 0 saturated carbocycles. The molecule has 0 bridgehead atoms. The van der Waals surface area contributed by atoms with Crippen molar-refractivity contribution in [3.63, 3.8) is 0 Å². The van der Waals surface area contributed by atoms with Crippen LogP contribution in [0.25, 0.3) is 0 Å². The highest BCUT2D eigenvalue weighted by Crippen LogP contribution is 2.27. The van der Waals surface area contributed by atoms with E-state index in [1.54, 1.807) is 25.1 Å². The molecule has 0 aliphatic rings. The van der Waals surface area contributed by atoms with Crippen LogP contribution >= 0.6 is 23.2 Å². The number of ether oxygens (including phenoxy) is 1. The van der Waals surface area contributed by atoms with Gasteiger partial charge in [0, 0.05) is 11.1 Å². The molecule has 0 radical (unpaired) electrons. The summed E-state index contributed by atoms with van der Waals surface area (Å²) in [6, 6.07) is 6.36. The highest BCUT2D eigenvalue weighted by Gasteiger charge is 2.12. The van der Waals surface area contributed by atoms with E-state index in [2.05, 4.69) is 31.3 Å². The zero-order valence-electron chi connectivity index (χ0n) is 14.5. The minimum absolute atomic E-state index is 0.171. The smallest absolute Gasteiger partial charge is 0.276 e. The number of hydrogen-bond donors (Lipinski definition) is 4. The third-order valence-corrected chi connectivity index (χ3v) is 3.86. The lowest BCUT2D eigenvalue weighted by Gasteiger charge is -2.13. The molecule has 0 spiro atoms. The van der Waals surface area contributed by atoms with E-state index < -0.39 is 5.91 Å². The van der Waals surface area contributed by atoms with Gasteiger partial charge in [0.05, 0.1) is 5.02 Å². The number of nitrogens with one attached hydrogen (secondary N) is 3. The lowest BCUT2D eigenvalue weighted by molar-refractivity contribution is -0.122. The first-order valence-corrected chi connectivity index (χ1v) is 8.61. The maximum absolute atomic E-state index is 12.0. The molecule has 0 saturated heterocycles. The van der Waals surface area contributed by atoms with Crippen LogP contribution in [0, 0.1) is 6.92 Å². The third kappa shape index (κ3) is 4.93. The molecule has 10 nitrogen and oxygen atoms in total. The van der Waals surface area contributed by atoms with Crippen LogP contribution in [-0.4, -0.2) is 27.6 Å². The first-order chi connectivity index (χ1) is 13.4. The minimum atomic E-state index is -0.481. The molecule has 0 aliphatic carbocycles. The Hall–Kier alpha value is -3.24. The van der Waals surface area contributed by atoms with Gasteiger partial charge < -0.3 is 20.3 Å². The standard InChI is InChI=1S/C16H15Cl2N7O3/c1-8-4-12(25-28-8)22-15-14(19)16(21-7-20-15)24-23-13(26)6-27-11-3-2-9(17)5-10(11)18/h2-5,7H,6,19H2,1H3,(H,23,26)(H2,20,21,22,24,25). The van der Waals surface area contributed by atoms with E-state index in [0.29, 0.717) is 33.2 Å². The number of nitrogen functional groups attached to an aromatic ring is 1. The van der Waals surface area contributed by atoms with Crippen molar-refractivity contribution in [2.24, 2.45) is 0 Å². The van der Waals surface area contributed by atoms with Gasteiger partial charge in [0.25, 0.3) is 5.91 Å². The highest BCUT2D eigenvalue weighted by molar-refractivity contribution is 6.35. The van der Waals surface area contributed by atoms with Crippen molar-refractivity contribution in [1.82, 2.24) is 20.6 Å². The molecule has 1 amide bonds. The quantitative estimate of drug-likeness (QED) is 0.422. The Morgan fingerprint density at radius 2 is 2.04 bits per heavy atom. The van der Waals surface area contributed by atoms with E-state index in [1.165, 1.54) is 12.4 Å². The average Bonchev–Trinajstić information content (AvgIpc) is 3.06. The number of amides is 1. The Morgan fingerprint density at radius 3 is 2.75 bits per heavy atom. The number of aryl methyl sites for hydroxylation is 1. The van der Waals surface area contributed by atoms with E-state index in [-0.39, 0.29) is 18.1 Å². The van der Waals surface area contributed by atoms with Crippen molar-refractivity contribution in [1.29, 1.82) is 0 Å². The number of hydrazine groups is 1. The molecule has 28 heavy (non-hydrogen) atoms. The zero-order valence-corrected chi connectivity index (χ0v) is 16.0. The van der Waals surface area contributed by atoms with Crippen molar-refractivity contribution < 1.29 is 14.1 Å². The maximum Gasteiger partial charge on any atom is 0.276 e. The van der Waals surface area contributed by atoms with Crippen LogP contribution in [0.5, 0.6) is 5.75 Å². The normalized spacial score (nSPS) is 10.4. The van der Waals surface area contributed by atoms with Crippen molar-refractivity contribution in [3.05, 3.63) is 46.4 Å². The lowest BCUT2D eigenvalue weighted by atomic mass is 10.3. The summed E-state index contributed by atoms with van der Waals surface area (Å²) in [4.78, 5) is 20.0. The Kier molecular flexibility index (Phi) is 6.02. The average molecular weight is 424 g/mol. The predicted molar refractivity (Wildman–Crippen MR) is 105 cm³/mol. The summed E-state index contributed by atoms with van der Waals surface area (Å²) in [5, 5.41) is 7.45. The summed E-state index contributed by atoms with van der Waals surface area (Å²) in [6.45, 7) is 1.46. The zero-order chi connectivity index (χ0) is 20.1. The van der Waals surface area contributed by atoms with Crippen molar-refractivity contribution in [2.75, 3.05) is 23.1 Å². The van der Waals surface area contributed by atoms with Gasteiger partial charge in [-0.25, -0.2) is 9.97 Å². The third-order valence-electron chi connectivity index (χ3n) is 3.33. The van der Waals surface area contributed by atoms with Crippen LogP contribution in [0.15, 0.2) is 35.1 Å². The van der Waals surface area contributed by atoms with Gasteiger partial charge >= 0.3 is 0 Å². The molecular weight excluding hydrogens is 409 g/mol. The van der Waals surface area contributed by atoms with Crippen LogP contribution in [0.2, 0.25) is 10.0 Å². The van der Waals surface area contributed by atoms with Gasteiger partial charge in [0.15, 0.2) is 24.1 Å². The molecule has 2 heterocycles. The fourth-order valence-electron chi connectivity index (χ4n) is 2.04. The van der Waals surface area contributed by atoms with Gasteiger partial charge in [-0.1, -0.05) is 28.4 Å². The second-order valence-corrected chi connectivity index (χ2v) is 6.31. The molecular formula is C16H15Cl2N7O3. The maximum atomic E-state index is 12.0. The largest absolute Gasteiger partial charge is 0.482 e. The fourth-order valence-corrected chi connectivity index (χ4v) is 2.51. The van der Waals surface area contributed by atoms with E-state index in [9.17, 15) is 4.79 Å². The van der Waals surface area contributed by atoms with E-state index in [0.717, 1.165) is 0 Å². The molecule has 0 aliphatic heterocycles. The van der Waals surface area contributed by atoms with E-state index in [1.807, 2.05) is 0 Å². The van der Waals surface area contributed by atoms with E-state index in [4.69, 9.17) is 38.2 Å². The van der Waals surface area contributed by atoms with Crippen molar-refractivity contribution in [2.45, 2.75) is 6.92 Å². The van der Waals surface area contributed by atoms with Gasteiger partial charge in [0.2, 0.25) is 0 Å². The Labute approximate surface area is 169 Å². The molecule has 0 atom stereocenters. The fraction of sp³-hybridized carbons (Fsp3) is 0.125. The van der Waals surface area contributed by atoms with Crippen LogP contribution in [0.3, 0.4) is 0 Å². The molecule has 3 aromatic rings. The van der Waals surface area contributed by atoms with Crippen LogP contribution < -0.4 is 26.6 Å². The lowest BCUT2D eigenvalue weighted by Crippen LogP contribution is -2.34. The SMILES string of the molecule is Cc1cc(Nc2ncnc(NNC(=O)COc3ccc(Cl)cc3Cl)c2N)no1. The molecule has 1 aromatic carbocycles. The second-order valence-electron chi connectivity index (χ2n) is 5.47. The molecule has 5 N–H and O–H groups in total. The molecule has 12 heteroatoms. The predicted octanol–water partition coefficient (Wildman–Crippen LogP) is 2.93. The Bertz CT molecular complexity index is 996. The Balaban J connectivity index is 1.56. The number of hydrogen-bond acceptors (Lipinski definition) is 9. The van der Waals surface area contributed by atoms with Crippen molar-refractivity contribution in [3.8, 4) is 5.75 Å². The molecule has 146 valence electrons. The monoisotopic (exact) mass is 423 g/mol. The summed E-state index contributed by atoms with van der Waals surface area (Å²) in [7, 11) is 0. The van der Waals surface area contributed by atoms with Crippen LogP contribution in [0.4, 0.5) is 23.1 Å². The first kappa shape index (κ1) is 19.5. The van der Waals surface area contributed by atoms with Gasteiger partial charge in [0.1, 0.15) is 23.5 Å². The summed E-state index contributed by atoms with van der Waals surface area (Å²) < 4.78 is 10.3. The number of halogens is 2. The van der Waals surface area contributed by atoms with Gasteiger partial charge in [-0.2, -0.15) is 0 Å². The summed E-state index contributed by atoms with van der Waals surface area (Å²) in [5.74, 6) is 1.40. The molecule has 3 rings (SSSR count). The topological polar surface area (TPSA) is 140 Å². The summed E-state index contributed by atoms with van der Waals surface area (Å²) in [5.41, 5.74) is 11.2. The molecule has 0 fully saturated rings. The first-order valence-electron chi connectivity index (χ1n) is 7.86.